The molecule has 0 radical (unpaired) electrons. The van der Waals surface area contributed by atoms with Crippen LogP contribution in [-0.4, -0.2) is 53.7 Å². The van der Waals surface area contributed by atoms with Crippen LogP contribution in [0.15, 0.2) is 18.2 Å². The van der Waals surface area contributed by atoms with Crippen LogP contribution in [0.4, 0.5) is 0 Å². The fourth-order valence-corrected chi connectivity index (χ4v) is 3.17. The lowest BCUT2D eigenvalue weighted by Crippen LogP contribution is -2.47. The molecule has 2 aliphatic heterocycles. The van der Waals surface area contributed by atoms with Gasteiger partial charge < -0.3 is 10.6 Å². The number of piperidine rings is 1. The average molecular weight is 338 g/mol. The van der Waals surface area contributed by atoms with Crippen LogP contribution in [0.2, 0.25) is 0 Å². The summed E-state index contributed by atoms with van der Waals surface area (Å²) in [6, 6.07) is 4.76. The number of rotatable bonds is 2. The zero-order chi connectivity index (χ0) is 15.9. The van der Waals surface area contributed by atoms with Crippen LogP contribution in [-0.2, 0) is 0 Å². The van der Waals surface area contributed by atoms with E-state index in [1.165, 1.54) is 13.1 Å². The molecule has 2 heterocycles. The molecule has 1 saturated heterocycles. The minimum atomic E-state index is -0.358. The van der Waals surface area contributed by atoms with Gasteiger partial charge in [-0.15, -0.1) is 12.4 Å². The average Bonchev–Trinajstić information content (AvgIpc) is 2.78. The zero-order valence-corrected chi connectivity index (χ0v) is 13.8. The zero-order valence-electron chi connectivity index (χ0n) is 12.9. The molecule has 1 aromatic carbocycles. The highest BCUT2D eigenvalue weighted by atomic mass is 35.5. The summed E-state index contributed by atoms with van der Waals surface area (Å²) in [4.78, 5) is 39.5. The monoisotopic (exact) mass is 337 g/mol. The molecular formula is C16H20ClN3O3. The van der Waals surface area contributed by atoms with E-state index in [1.54, 1.807) is 17.0 Å². The molecule has 0 spiro atoms. The molecule has 1 unspecified atom stereocenters. The van der Waals surface area contributed by atoms with Crippen LogP contribution in [0.1, 0.15) is 50.3 Å². The summed E-state index contributed by atoms with van der Waals surface area (Å²) in [7, 11) is 1.45. The summed E-state index contributed by atoms with van der Waals surface area (Å²) < 4.78 is 0. The second-order valence-electron chi connectivity index (χ2n) is 5.81. The van der Waals surface area contributed by atoms with Gasteiger partial charge in [0.05, 0.1) is 11.1 Å². The molecule has 3 rings (SSSR count). The first kappa shape index (κ1) is 17.4. The Morgan fingerprint density at radius 1 is 1.22 bits per heavy atom. The first-order valence-electron chi connectivity index (χ1n) is 7.52. The van der Waals surface area contributed by atoms with Gasteiger partial charge in [0.25, 0.3) is 17.7 Å². The van der Waals surface area contributed by atoms with Crippen molar-refractivity contribution in [3.63, 3.8) is 0 Å². The second kappa shape index (κ2) is 6.68. The van der Waals surface area contributed by atoms with Gasteiger partial charge in [-0.1, -0.05) is 0 Å². The van der Waals surface area contributed by atoms with Gasteiger partial charge in [-0.2, -0.15) is 0 Å². The van der Waals surface area contributed by atoms with Gasteiger partial charge in [-0.05, 0) is 37.5 Å². The van der Waals surface area contributed by atoms with Crippen molar-refractivity contribution in [2.45, 2.75) is 25.3 Å². The maximum Gasteiger partial charge on any atom is 0.261 e. The Morgan fingerprint density at radius 3 is 2.61 bits per heavy atom. The molecule has 1 fully saturated rings. The molecule has 0 aromatic heterocycles. The topological polar surface area (TPSA) is 83.7 Å². The van der Waals surface area contributed by atoms with Crippen molar-refractivity contribution >= 4 is 30.1 Å². The van der Waals surface area contributed by atoms with Crippen molar-refractivity contribution in [2.75, 3.05) is 20.1 Å². The van der Waals surface area contributed by atoms with Crippen molar-refractivity contribution in [3.8, 4) is 0 Å². The summed E-state index contributed by atoms with van der Waals surface area (Å²) in [5.74, 6) is -0.798. The largest absolute Gasteiger partial charge is 0.334 e. The van der Waals surface area contributed by atoms with E-state index < -0.39 is 0 Å². The minimum absolute atomic E-state index is 0. The van der Waals surface area contributed by atoms with Crippen molar-refractivity contribution in [2.24, 2.45) is 5.73 Å². The number of fused-ring (bicyclic) bond motifs is 1. The Morgan fingerprint density at radius 2 is 1.91 bits per heavy atom. The third kappa shape index (κ3) is 2.84. The van der Waals surface area contributed by atoms with Gasteiger partial charge in [-0.25, -0.2) is 0 Å². The molecule has 2 aliphatic rings. The molecule has 3 amide bonds. The van der Waals surface area contributed by atoms with Crippen molar-refractivity contribution in [1.82, 2.24) is 9.80 Å². The number of hydrogen-bond donors (Lipinski definition) is 1. The molecule has 0 saturated carbocycles. The smallest absolute Gasteiger partial charge is 0.261 e. The van der Waals surface area contributed by atoms with Gasteiger partial charge in [0.15, 0.2) is 0 Å². The second-order valence-corrected chi connectivity index (χ2v) is 5.81. The van der Waals surface area contributed by atoms with Crippen molar-refractivity contribution < 1.29 is 14.4 Å². The quantitative estimate of drug-likeness (QED) is 0.824. The third-order valence-corrected chi connectivity index (χ3v) is 4.50. The molecular weight excluding hydrogens is 318 g/mol. The van der Waals surface area contributed by atoms with Crippen LogP contribution >= 0.6 is 12.4 Å². The number of likely N-dealkylation sites (tertiary alicyclic amines) is 1. The summed E-state index contributed by atoms with van der Waals surface area (Å²) in [6.07, 6.45) is 2.95. The number of carbonyl (C=O) groups is 3. The number of benzene rings is 1. The Labute approximate surface area is 141 Å². The number of carbonyl (C=O) groups excluding carboxylic acids is 3. The number of nitrogens with two attached hydrogens (primary N) is 1. The standard InChI is InChI=1S/C16H19N3O3.ClH/c1-18-15(21)12-6-5-10(8-13(12)16(18)22)14(20)19-7-3-2-4-11(19)9-17;/h5-6,8,11H,2-4,7,9,17H2,1H3;1H. The van der Waals surface area contributed by atoms with E-state index in [2.05, 4.69) is 0 Å². The maximum absolute atomic E-state index is 12.7. The molecule has 0 bridgehead atoms. The first-order valence-corrected chi connectivity index (χ1v) is 7.52. The predicted molar refractivity (Wildman–Crippen MR) is 87.8 cm³/mol. The lowest BCUT2D eigenvalue weighted by atomic mass is 9.99. The number of nitrogens with zero attached hydrogens (tertiary/aromatic N) is 2. The van der Waals surface area contributed by atoms with Crippen LogP contribution < -0.4 is 5.73 Å². The van der Waals surface area contributed by atoms with Gasteiger partial charge in [0.1, 0.15) is 0 Å². The van der Waals surface area contributed by atoms with E-state index in [0.717, 1.165) is 24.2 Å². The molecule has 1 aromatic rings. The van der Waals surface area contributed by atoms with Gasteiger partial charge in [-0.3, -0.25) is 19.3 Å². The van der Waals surface area contributed by atoms with E-state index >= 15 is 0 Å². The predicted octanol–water partition coefficient (Wildman–Crippen LogP) is 1.29. The minimum Gasteiger partial charge on any atom is -0.334 e. The lowest BCUT2D eigenvalue weighted by molar-refractivity contribution is 0.0622. The summed E-state index contributed by atoms with van der Waals surface area (Å²) in [6.45, 7) is 1.13. The first-order chi connectivity index (χ1) is 10.5. The van der Waals surface area contributed by atoms with Gasteiger partial charge in [0, 0.05) is 31.7 Å². The van der Waals surface area contributed by atoms with Crippen LogP contribution in [0, 0.1) is 0 Å². The van der Waals surface area contributed by atoms with Crippen LogP contribution in [0.3, 0.4) is 0 Å². The highest BCUT2D eigenvalue weighted by molar-refractivity contribution is 6.21. The summed E-state index contributed by atoms with van der Waals surface area (Å²) in [5.41, 5.74) is 6.86. The maximum atomic E-state index is 12.7. The number of hydrogen-bond acceptors (Lipinski definition) is 4. The molecule has 6 nitrogen and oxygen atoms in total. The number of halogens is 1. The fourth-order valence-electron chi connectivity index (χ4n) is 3.17. The molecule has 1 atom stereocenters. The Bertz CT molecular complexity index is 662. The highest BCUT2D eigenvalue weighted by Gasteiger charge is 2.34. The molecule has 23 heavy (non-hydrogen) atoms. The van der Waals surface area contributed by atoms with Gasteiger partial charge >= 0.3 is 0 Å². The lowest BCUT2D eigenvalue weighted by Gasteiger charge is -2.35. The summed E-state index contributed by atoms with van der Waals surface area (Å²) >= 11 is 0. The molecule has 7 heteroatoms. The normalized spacial score (nSPS) is 20.3. The Hall–Kier alpha value is -1.92. The molecule has 0 aliphatic carbocycles. The fraction of sp³-hybridized carbons (Fsp3) is 0.438. The van der Waals surface area contributed by atoms with Crippen LogP contribution in [0.5, 0.6) is 0 Å². The van der Waals surface area contributed by atoms with E-state index in [0.29, 0.717) is 29.8 Å². The molecule has 2 N–H and O–H groups in total. The van der Waals surface area contributed by atoms with Crippen molar-refractivity contribution in [3.05, 3.63) is 34.9 Å². The highest BCUT2D eigenvalue weighted by Crippen LogP contribution is 2.25. The molecule has 124 valence electrons. The van der Waals surface area contributed by atoms with E-state index in [-0.39, 0.29) is 36.2 Å². The Kier molecular flexibility index (Phi) is 5.06. The SMILES string of the molecule is CN1C(=O)c2ccc(C(=O)N3CCCCC3CN)cc2C1=O.Cl. The van der Waals surface area contributed by atoms with Crippen molar-refractivity contribution in [1.29, 1.82) is 0 Å². The number of imide groups is 1. The Balaban J connectivity index is 0.00000192. The van der Waals surface area contributed by atoms with Crippen LogP contribution in [0.25, 0.3) is 0 Å². The van der Waals surface area contributed by atoms with E-state index in [9.17, 15) is 14.4 Å². The van der Waals surface area contributed by atoms with E-state index in [4.69, 9.17) is 5.73 Å². The third-order valence-electron chi connectivity index (χ3n) is 4.50. The van der Waals surface area contributed by atoms with E-state index in [1.807, 2.05) is 0 Å². The summed E-state index contributed by atoms with van der Waals surface area (Å²) in [5, 5.41) is 0. The number of amides is 3. The van der Waals surface area contributed by atoms with Gasteiger partial charge in [0.2, 0.25) is 0 Å².